The van der Waals surface area contributed by atoms with Gasteiger partial charge in [0.25, 0.3) is 5.91 Å². The van der Waals surface area contributed by atoms with Crippen molar-refractivity contribution in [2.45, 2.75) is 20.5 Å². The fourth-order valence-electron chi connectivity index (χ4n) is 2.91. The minimum absolute atomic E-state index is 0.0469. The molecule has 0 saturated carbocycles. The molecule has 0 heterocycles. The summed E-state index contributed by atoms with van der Waals surface area (Å²) in [7, 11) is 0. The number of rotatable bonds is 6. The Balaban J connectivity index is 1.68. The van der Waals surface area contributed by atoms with Gasteiger partial charge in [0.05, 0.1) is 0 Å². The van der Waals surface area contributed by atoms with Crippen molar-refractivity contribution in [1.29, 1.82) is 5.26 Å². The summed E-state index contributed by atoms with van der Waals surface area (Å²) in [6, 6.07) is 25.0. The van der Waals surface area contributed by atoms with Gasteiger partial charge in [0, 0.05) is 5.69 Å². The molecule has 0 unspecified atom stereocenters. The van der Waals surface area contributed by atoms with Gasteiger partial charge in [-0.1, -0.05) is 60.7 Å². The first kappa shape index (κ1) is 19.9. The lowest BCUT2D eigenvalue weighted by Crippen LogP contribution is -2.15. The maximum atomic E-state index is 12.6. The van der Waals surface area contributed by atoms with E-state index in [2.05, 4.69) is 5.32 Å². The van der Waals surface area contributed by atoms with Crippen LogP contribution in [0.25, 0.3) is 6.08 Å². The summed E-state index contributed by atoms with van der Waals surface area (Å²) < 4.78 is 5.77. The van der Waals surface area contributed by atoms with Crippen LogP contribution in [0.4, 0.5) is 5.69 Å². The van der Waals surface area contributed by atoms with E-state index in [-0.39, 0.29) is 5.57 Å². The molecular weight excluding hydrogens is 360 g/mol. The summed E-state index contributed by atoms with van der Waals surface area (Å²) in [6.07, 6.45) is 1.57. The quantitative estimate of drug-likeness (QED) is 0.457. The summed E-state index contributed by atoms with van der Waals surface area (Å²) in [5, 5.41) is 12.3. The van der Waals surface area contributed by atoms with E-state index in [9.17, 15) is 10.1 Å². The van der Waals surface area contributed by atoms with Gasteiger partial charge in [0.2, 0.25) is 0 Å². The Morgan fingerprint density at radius 1 is 0.966 bits per heavy atom. The Kier molecular flexibility index (Phi) is 6.44. The van der Waals surface area contributed by atoms with E-state index in [0.29, 0.717) is 6.61 Å². The van der Waals surface area contributed by atoms with E-state index in [1.54, 1.807) is 6.08 Å². The highest BCUT2D eigenvalue weighted by Crippen LogP contribution is 2.21. The summed E-state index contributed by atoms with van der Waals surface area (Å²) in [6.45, 7) is 4.33. The van der Waals surface area contributed by atoms with Crippen molar-refractivity contribution >= 4 is 17.7 Å². The molecule has 0 atom stereocenters. The van der Waals surface area contributed by atoms with Gasteiger partial charge in [-0.25, -0.2) is 0 Å². The number of nitriles is 1. The van der Waals surface area contributed by atoms with Crippen LogP contribution in [0.3, 0.4) is 0 Å². The monoisotopic (exact) mass is 382 g/mol. The Morgan fingerprint density at radius 2 is 1.62 bits per heavy atom. The first-order valence-electron chi connectivity index (χ1n) is 9.33. The maximum absolute atomic E-state index is 12.6. The van der Waals surface area contributed by atoms with Crippen LogP contribution in [-0.4, -0.2) is 5.91 Å². The standard InChI is InChI=1S/C25H22N2O2/c1-18-7-6-8-19(2)24(18)27-25(28)22(16-26)15-20-11-13-23(14-12-20)29-17-21-9-4-3-5-10-21/h3-15H,17H2,1-2H3,(H,27,28)/b22-15-. The third kappa shape index (κ3) is 5.33. The molecule has 0 aliphatic heterocycles. The first-order chi connectivity index (χ1) is 14.1. The molecule has 4 heteroatoms. The van der Waals surface area contributed by atoms with Gasteiger partial charge in [-0.05, 0) is 54.3 Å². The molecule has 0 aromatic heterocycles. The third-order valence-electron chi connectivity index (χ3n) is 4.52. The molecule has 0 saturated heterocycles. The Labute approximate surface area is 171 Å². The van der Waals surface area contributed by atoms with Crippen molar-refractivity contribution in [3.8, 4) is 11.8 Å². The smallest absolute Gasteiger partial charge is 0.266 e. The highest BCUT2D eigenvalue weighted by molar-refractivity contribution is 6.10. The van der Waals surface area contributed by atoms with Gasteiger partial charge in [0.15, 0.2) is 0 Å². The van der Waals surface area contributed by atoms with Crippen LogP contribution in [0.1, 0.15) is 22.3 Å². The third-order valence-corrected chi connectivity index (χ3v) is 4.52. The second-order valence-electron chi connectivity index (χ2n) is 6.73. The number of carbonyl (C=O) groups excluding carboxylic acids is 1. The van der Waals surface area contributed by atoms with Crippen LogP contribution in [0.15, 0.2) is 78.4 Å². The van der Waals surface area contributed by atoms with E-state index >= 15 is 0 Å². The lowest BCUT2D eigenvalue weighted by atomic mass is 10.1. The second-order valence-corrected chi connectivity index (χ2v) is 6.73. The predicted octanol–water partition coefficient (Wildman–Crippen LogP) is 5.43. The molecule has 3 rings (SSSR count). The Morgan fingerprint density at radius 3 is 2.24 bits per heavy atom. The molecule has 4 nitrogen and oxygen atoms in total. The van der Waals surface area contributed by atoms with Gasteiger partial charge in [0.1, 0.15) is 24.0 Å². The number of ether oxygens (including phenoxy) is 1. The summed E-state index contributed by atoms with van der Waals surface area (Å²) in [4.78, 5) is 12.6. The van der Waals surface area contributed by atoms with Crippen LogP contribution in [-0.2, 0) is 11.4 Å². The van der Waals surface area contributed by atoms with Crippen molar-refractivity contribution in [2.24, 2.45) is 0 Å². The number of carbonyl (C=O) groups is 1. The molecule has 1 amide bonds. The zero-order valence-electron chi connectivity index (χ0n) is 16.5. The molecule has 0 aliphatic carbocycles. The van der Waals surface area contributed by atoms with E-state index in [4.69, 9.17) is 4.74 Å². The molecule has 0 bridgehead atoms. The SMILES string of the molecule is Cc1cccc(C)c1NC(=O)/C(C#N)=C\c1ccc(OCc2ccccc2)cc1. The van der Waals surface area contributed by atoms with E-state index in [1.807, 2.05) is 92.7 Å². The average Bonchev–Trinajstić information content (AvgIpc) is 2.74. The fourth-order valence-corrected chi connectivity index (χ4v) is 2.91. The number of anilines is 1. The molecule has 0 aliphatic rings. The molecule has 0 radical (unpaired) electrons. The fraction of sp³-hybridized carbons (Fsp3) is 0.120. The molecule has 0 spiro atoms. The summed E-state index contributed by atoms with van der Waals surface area (Å²) >= 11 is 0. The van der Waals surface area contributed by atoms with Crippen molar-refractivity contribution < 1.29 is 9.53 Å². The van der Waals surface area contributed by atoms with E-state index in [0.717, 1.165) is 33.7 Å². The minimum atomic E-state index is -0.422. The molecule has 29 heavy (non-hydrogen) atoms. The number of nitrogens with one attached hydrogen (secondary N) is 1. The topological polar surface area (TPSA) is 62.1 Å². The zero-order valence-corrected chi connectivity index (χ0v) is 16.5. The van der Waals surface area contributed by atoms with Crippen molar-refractivity contribution in [3.63, 3.8) is 0 Å². The lowest BCUT2D eigenvalue weighted by molar-refractivity contribution is -0.112. The normalized spacial score (nSPS) is 10.9. The van der Waals surface area contributed by atoms with Gasteiger partial charge < -0.3 is 10.1 Å². The highest BCUT2D eigenvalue weighted by Gasteiger charge is 2.12. The molecule has 3 aromatic carbocycles. The molecule has 1 N–H and O–H groups in total. The molecular formula is C25H22N2O2. The number of nitrogens with zero attached hydrogens (tertiary/aromatic N) is 1. The first-order valence-corrected chi connectivity index (χ1v) is 9.33. The summed E-state index contributed by atoms with van der Waals surface area (Å²) in [5.74, 6) is 0.304. The Bertz CT molecular complexity index is 1040. The highest BCUT2D eigenvalue weighted by atomic mass is 16.5. The van der Waals surface area contributed by atoms with Gasteiger partial charge >= 0.3 is 0 Å². The zero-order chi connectivity index (χ0) is 20.6. The summed E-state index contributed by atoms with van der Waals surface area (Å²) in [5.41, 5.74) is 4.54. The van der Waals surface area contributed by atoms with Crippen molar-refractivity contribution in [3.05, 3.63) is 101 Å². The second kappa shape index (κ2) is 9.38. The van der Waals surface area contributed by atoms with Crippen molar-refractivity contribution in [2.75, 3.05) is 5.32 Å². The van der Waals surface area contributed by atoms with Crippen LogP contribution in [0, 0.1) is 25.2 Å². The van der Waals surface area contributed by atoms with Gasteiger partial charge in [-0.15, -0.1) is 0 Å². The lowest BCUT2D eigenvalue weighted by Gasteiger charge is -2.11. The average molecular weight is 382 g/mol. The number of hydrogen-bond donors (Lipinski definition) is 1. The van der Waals surface area contributed by atoms with Crippen molar-refractivity contribution in [1.82, 2.24) is 0 Å². The molecule has 0 fully saturated rings. The molecule has 3 aromatic rings. The van der Waals surface area contributed by atoms with Crippen LogP contribution in [0.5, 0.6) is 5.75 Å². The molecule has 144 valence electrons. The van der Waals surface area contributed by atoms with E-state index in [1.165, 1.54) is 0 Å². The van der Waals surface area contributed by atoms with Crippen LogP contribution >= 0.6 is 0 Å². The maximum Gasteiger partial charge on any atom is 0.266 e. The number of benzene rings is 3. The van der Waals surface area contributed by atoms with Gasteiger partial charge in [-0.3, -0.25) is 4.79 Å². The van der Waals surface area contributed by atoms with Crippen LogP contribution < -0.4 is 10.1 Å². The number of para-hydroxylation sites is 1. The number of hydrogen-bond acceptors (Lipinski definition) is 3. The minimum Gasteiger partial charge on any atom is -0.489 e. The van der Waals surface area contributed by atoms with Crippen LogP contribution in [0.2, 0.25) is 0 Å². The van der Waals surface area contributed by atoms with Gasteiger partial charge in [-0.2, -0.15) is 5.26 Å². The largest absolute Gasteiger partial charge is 0.489 e. The van der Waals surface area contributed by atoms with E-state index < -0.39 is 5.91 Å². The predicted molar refractivity (Wildman–Crippen MR) is 115 cm³/mol. The Hall–Kier alpha value is -3.84. The number of aryl methyl sites for hydroxylation is 2. The number of amides is 1.